The van der Waals surface area contributed by atoms with Crippen LogP contribution in [0.4, 0.5) is 0 Å². The standard InChI is InChI=1S/C63H40N6/c1-4-21-41(22-5-1)59-57(68-51-33-15-10-27-45(51)46-28-11-16-34-52(46)68)39-43(40-58(59)69-53-35-17-12-29-47(53)48-30-13-18-36-54(48)69)62-64-61(42-23-6-2-7-24-42)65-63(66-62)50-32-20-38-56-60(50)49-31-14-19-37-55(49)67(56)44-25-8-3-9-26-44/h1-40H. The van der Waals surface area contributed by atoms with Gasteiger partial charge in [-0.1, -0.05) is 182 Å². The molecule has 14 aromatic rings. The number of aromatic nitrogens is 6. The summed E-state index contributed by atoms with van der Waals surface area (Å²) >= 11 is 0. The van der Waals surface area contributed by atoms with Gasteiger partial charge >= 0.3 is 0 Å². The van der Waals surface area contributed by atoms with Crippen molar-refractivity contribution in [3.63, 3.8) is 0 Å². The first-order chi connectivity index (χ1) is 34.3. The number of benzene rings is 10. The zero-order valence-corrected chi connectivity index (χ0v) is 37.3. The predicted octanol–water partition coefficient (Wildman–Crippen LogP) is 15.8. The van der Waals surface area contributed by atoms with Gasteiger partial charge in [0.1, 0.15) is 0 Å². The monoisotopic (exact) mass is 880 g/mol. The van der Waals surface area contributed by atoms with Crippen molar-refractivity contribution in [2.45, 2.75) is 0 Å². The molecule has 0 amide bonds. The average Bonchev–Trinajstić information content (AvgIpc) is 4.07. The summed E-state index contributed by atoms with van der Waals surface area (Å²) in [5.41, 5.74) is 14.7. The molecule has 0 bridgehead atoms. The van der Waals surface area contributed by atoms with Crippen molar-refractivity contribution in [2.24, 2.45) is 0 Å². The molecule has 0 aliphatic carbocycles. The van der Waals surface area contributed by atoms with Crippen LogP contribution in [-0.2, 0) is 0 Å². The van der Waals surface area contributed by atoms with Gasteiger partial charge in [-0.3, -0.25) is 0 Å². The topological polar surface area (TPSA) is 53.5 Å². The van der Waals surface area contributed by atoms with E-state index in [1.165, 1.54) is 21.5 Å². The first kappa shape index (κ1) is 38.8. The molecule has 0 N–H and O–H groups in total. The van der Waals surface area contributed by atoms with E-state index in [0.29, 0.717) is 17.5 Å². The fourth-order valence-corrected chi connectivity index (χ4v) is 10.8. The molecule has 69 heavy (non-hydrogen) atoms. The summed E-state index contributed by atoms with van der Waals surface area (Å²) in [5.74, 6) is 1.78. The van der Waals surface area contributed by atoms with Crippen molar-refractivity contribution in [1.82, 2.24) is 28.7 Å². The van der Waals surface area contributed by atoms with Crippen LogP contribution in [0.15, 0.2) is 243 Å². The summed E-state index contributed by atoms with van der Waals surface area (Å²) in [4.78, 5) is 16.4. The van der Waals surface area contributed by atoms with Crippen LogP contribution in [0.2, 0.25) is 0 Å². The highest BCUT2D eigenvalue weighted by molar-refractivity contribution is 6.16. The molecule has 4 heterocycles. The molecule has 0 atom stereocenters. The maximum Gasteiger partial charge on any atom is 0.164 e. The van der Waals surface area contributed by atoms with Gasteiger partial charge in [0.25, 0.3) is 0 Å². The Morgan fingerprint density at radius 1 is 0.261 bits per heavy atom. The zero-order valence-electron chi connectivity index (χ0n) is 37.3. The van der Waals surface area contributed by atoms with E-state index in [-0.39, 0.29) is 0 Å². The summed E-state index contributed by atoms with van der Waals surface area (Å²) in [6.07, 6.45) is 0. The minimum Gasteiger partial charge on any atom is -0.309 e. The van der Waals surface area contributed by atoms with Gasteiger partial charge in [0.05, 0.1) is 44.5 Å². The lowest BCUT2D eigenvalue weighted by Gasteiger charge is -2.22. The molecule has 0 saturated heterocycles. The van der Waals surface area contributed by atoms with Gasteiger partial charge in [0.2, 0.25) is 0 Å². The Morgan fingerprint density at radius 2 is 0.638 bits per heavy atom. The number of hydrogen-bond donors (Lipinski definition) is 0. The molecule has 4 aromatic heterocycles. The lowest BCUT2D eigenvalue weighted by Crippen LogP contribution is -2.06. The number of nitrogens with zero attached hydrogens (tertiary/aromatic N) is 6. The van der Waals surface area contributed by atoms with Crippen LogP contribution in [0.25, 0.3) is 128 Å². The second-order valence-corrected chi connectivity index (χ2v) is 17.6. The van der Waals surface area contributed by atoms with Crippen LogP contribution < -0.4 is 0 Å². The molecular weight excluding hydrogens is 841 g/mol. The molecule has 0 unspecified atom stereocenters. The zero-order chi connectivity index (χ0) is 45.4. The Hall–Kier alpha value is -9.39. The van der Waals surface area contributed by atoms with Crippen molar-refractivity contribution in [3.05, 3.63) is 243 Å². The van der Waals surface area contributed by atoms with Crippen LogP contribution in [0.3, 0.4) is 0 Å². The quantitative estimate of drug-likeness (QED) is 0.160. The fourth-order valence-electron chi connectivity index (χ4n) is 10.8. The maximum absolute atomic E-state index is 5.58. The third-order valence-corrected chi connectivity index (χ3v) is 13.7. The second kappa shape index (κ2) is 15.6. The number of para-hydroxylation sites is 6. The van der Waals surface area contributed by atoms with E-state index in [4.69, 9.17) is 15.0 Å². The van der Waals surface area contributed by atoms with E-state index in [1.807, 2.05) is 18.2 Å². The Labute approximate surface area is 397 Å². The molecule has 6 nitrogen and oxygen atoms in total. The van der Waals surface area contributed by atoms with Gasteiger partial charge in [-0.25, -0.2) is 15.0 Å². The van der Waals surface area contributed by atoms with Crippen molar-refractivity contribution in [3.8, 4) is 62.4 Å². The third-order valence-electron chi connectivity index (χ3n) is 13.7. The summed E-state index contributed by atoms with van der Waals surface area (Å²) < 4.78 is 7.22. The summed E-state index contributed by atoms with van der Waals surface area (Å²) in [6, 6.07) is 86.3. The Bertz CT molecular complexity index is 4060. The second-order valence-electron chi connectivity index (χ2n) is 17.6. The molecule has 0 fully saturated rings. The minimum absolute atomic E-state index is 0.575. The van der Waals surface area contributed by atoms with Gasteiger partial charge in [0.15, 0.2) is 17.5 Å². The highest BCUT2D eigenvalue weighted by Gasteiger charge is 2.26. The van der Waals surface area contributed by atoms with Gasteiger partial charge in [-0.2, -0.15) is 0 Å². The van der Waals surface area contributed by atoms with Gasteiger partial charge < -0.3 is 13.7 Å². The SMILES string of the molecule is c1ccc(-c2nc(-c3cc(-n4c5ccccc5c5ccccc54)c(-c4ccccc4)c(-n4c5ccccc5c5ccccc54)c3)nc(-c3cccc4c3c3ccccc3n4-c3ccccc3)n2)cc1. The summed E-state index contributed by atoms with van der Waals surface area (Å²) in [6.45, 7) is 0. The fraction of sp³-hybridized carbons (Fsp3) is 0. The van der Waals surface area contributed by atoms with Crippen LogP contribution in [0.1, 0.15) is 0 Å². The number of rotatable bonds is 7. The number of hydrogen-bond acceptors (Lipinski definition) is 3. The van der Waals surface area contributed by atoms with Crippen LogP contribution in [-0.4, -0.2) is 28.7 Å². The lowest BCUT2D eigenvalue weighted by atomic mass is 9.97. The van der Waals surface area contributed by atoms with E-state index >= 15 is 0 Å². The van der Waals surface area contributed by atoms with Crippen molar-refractivity contribution < 1.29 is 0 Å². The Balaban J connectivity index is 1.13. The average molecular weight is 881 g/mol. The summed E-state index contributed by atoms with van der Waals surface area (Å²) in [5, 5.41) is 6.97. The van der Waals surface area contributed by atoms with E-state index < -0.39 is 0 Å². The molecule has 322 valence electrons. The van der Waals surface area contributed by atoms with E-state index in [0.717, 1.165) is 88.8 Å². The van der Waals surface area contributed by atoms with Gasteiger partial charge in [-0.05, 0) is 66.2 Å². The lowest BCUT2D eigenvalue weighted by molar-refractivity contribution is 1.07. The van der Waals surface area contributed by atoms with E-state index in [9.17, 15) is 0 Å². The molecule has 0 saturated carbocycles. The first-order valence-electron chi connectivity index (χ1n) is 23.4. The van der Waals surface area contributed by atoms with Crippen LogP contribution >= 0.6 is 0 Å². The molecule has 6 heteroatoms. The van der Waals surface area contributed by atoms with Crippen LogP contribution in [0, 0.1) is 0 Å². The molecular formula is C63H40N6. The smallest absolute Gasteiger partial charge is 0.164 e. The maximum atomic E-state index is 5.58. The Kier molecular flexibility index (Phi) is 8.79. The molecule has 14 rings (SSSR count). The van der Waals surface area contributed by atoms with E-state index in [1.54, 1.807) is 0 Å². The molecule has 0 aliphatic rings. The first-order valence-corrected chi connectivity index (χ1v) is 23.4. The normalized spacial score (nSPS) is 11.8. The molecule has 0 radical (unpaired) electrons. The van der Waals surface area contributed by atoms with Crippen LogP contribution in [0.5, 0.6) is 0 Å². The third kappa shape index (κ3) is 6.09. The van der Waals surface area contributed by atoms with Crippen molar-refractivity contribution in [1.29, 1.82) is 0 Å². The molecule has 10 aromatic carbocycles. The highest BCUT2D eigenvalue weighted by Crippen LogP contribution is 2.45. The van der Waals surface area contributed by atoms with Gasteiger partial charge in [-0.15, -0.1) is 0 Å². The predicted molar refractivity (Wildman–Crippen MR) is 285 cm³/mol. The van der Waals surface area contributed by atoms with Crippen molar-refractivity contribution in [2.75, 3.05) is 0 Å². The minimum atomic E-state index is 0.575. The summed E-state index contributed by atoms with van der Waals surface area (Å²) in [7, 11) is 0. The van der Waals surface area contributed by atoms with Crippen molar-refractivity contribution >= 4 is 65.4 Å². The van der Waals surface area contributed by atoms with Gasteiger partial charge in [0, 0.05) is 60.3 Å². The molecule has 0 aliphatic heterocycles. The number of fused-ring (bicyclic) bond motifs is 9. The molecule has 0 spiro atoms. The van der Waals surface area contributed by atoms with E-state index in [2.05, 4.69) is 238 Å². The highest BCUT2D eigenvalue weighted by atomic mass is 15.1. The largest absolute Gasteiger partial charge is 0.309 e. The Morgan fingerprint density at radius 3 is 1.14 bits per heavy atom.